The van der Waals surface area contributed by atoms with Gasteiger partial charge in [0.2, 0.25) is 29.1 Å². The molecule has 4 N–H and O–H groups in total. The molecule has 0 saturated carbocycles. The number of likely N-dealkylation sites (N-methyl/N-ethyl adjacent to an activating group) is 2. The molecule has 3 aliphatic rings. The van der Waals surface area contributed by atoms with Crippen molar-refractivity contribution in [2.24, 2.45) is 11.3 Å². The minimum absolute atomic E-state index is 0.0548. The lowest BCUT2D eigenvalue weighted by molar-refractivity contribution is -0.155. The molecule has 7 rings (SSSR count). The Morgan fingerprint density at radius 2 is 1.77 bits per heavy atom. The highest BCUT2D eigenvalue weighted by atomic mass is 32.2. The number of aryl methyl sites for hydroxylation is 1. The summed E-state index contributed by atoms with van der Waals surface area (Å²) in [4.78, 5) is 90.9. The molecule has 2 saturated heterocycles. The number of phenols is 1. The van der Waals surface area contributed by atoms with E-state index in [9.17, 15) is 38.4 Å². The molecule has 74 heavy (non-hydrogen) atoms. The molecule has 3 aliphatic heterocycles. The van der Waals surface area contributed by atoms with Gasteiger partial charge >= 0.3 is 11.9 Å². The van der Waals surface area contributed by atoms with Gasteiger partial charge in [0.05, 0.1) is 32.6 Å². The Morgan fingerprint density at radius 1 is 1.04 bits per heavy atom. The largest absolute Gasteiger partial charge is 0.508 e. The zero-order chi connectivity index (χ0) is 54.1. The highest BCUT2D eigenvalue weighted by Gasteiger charge is 2.71. The molecule has 4 amide bonds. The molecule has 0 spiro atoms. The molecule has 2 fully saturated rings. The SMILES string of the molecule is CCn1c(-c2cnccc2COC)c2c3cc(ccc31)-c1cc(O)cc(c1)C[C@H](NC(=O)[C@H](C(C)C)N(C)C(=O)CN(C)C(=O)[C@@H]1[C@H](C(=O)OC)N1[S+](O)C(C)(C)C)C(=O)N1CCC[C@H](N1)C(=O)OCC(C)(C)C2. The number of methoxy groups -OCH3 is 2. The van der Waals surface area contributed by atoms with Crippen LogP contribution in [0.2, 0.25) is 0 Å². The number of phenolic OH excluding ortho intramolecular Hbond substituents is 1. The number of hydrazine groups is 1. The molecule has 2 unspecified atom stereocenters. The van der Waals surface area contributed by atoms with Crippen LogP contribution in [0.1, 0.15) is 84.9 Å². The number of amides is 4. The van der Waals surface area contributed by atoms with Crippen molar-refractivity contribution in [2.45, 2.75) is 129 Å². The topological polar surface area (TPSA) is 225 Å². The molecule has 19 nitrogen and oxygen atoms in total. The fourth-order valence-electron chi connectivity index (χ4n) is 10.2. The number of hydrogen-bond donors (Lipinski definition) is 4. The van der Waals surface area contributed by atoms with Crippen molar-refractivity contribution in [3.8, 4) is 28.1 Å². The molecule has 0 radical (unpaired) electrons. The lowest BCUT2D eigenvalue weighted by Crippen LogP contribution is -2.62. The van der Waals surface area contributed by atoms with Gasteiger partial charge < -0.3 is 39.0 Å². The Hall–Kier alpha value is -6.06. The van der Waals surface area contributed by atoms with Crippen molar-refractivity contribution >= 4 is 57.8 Å². The number of nitrogens with zero attached hydrogens (tertiary/aromatic N) is 6. The maximum atomic E-state index is 14.8. The predicted molar refractivity (Wildman–Crippen MR) is 281 cm³/mol. The van der Waals surface area contributed by atoms with E-state index in [1.807, 2.05) is 24.4 Å². The van der Waals surface area contributed by atoms with Crippen LogP contribution in [0.15, 0.2) is 54.9 Å². The summed E-state index contributed by atoms with van der Waals surface area (Å²) in [6, 6.07) is 7.86. The summed E-state index contributed by atoms with van der Waals surface area (Å²) in [5.74, 6) is -4.11. The molecule has 6 bridgehead atoms. The average Bonchev–Trinajstić information content (AvgIpc) is 4.02. The maximum Gasteiger partial charge on any atom is 0.330 e. The van der Waals surface area contributed by atoms with E-state index < -0.39 is 99.8 Å². The standard InChI is InChI=1S/C54H72N8O11S/c1-13-60-42-17-16-33-25-37(42)38(45(60)39-27-55-19-18-34(39)29-71-11)26-54(7,8)30-73-51(68)40-15-14-20-61(57-40)49(66)41(23-32-21-35(33)24-36(63)22-32)56-48(65)44(31(2)3)59(10)43(64)28-58(9)50(67)46-47(52(69)72-12)62(46)74(70)53(4,5)6/h16-19,21-22,24-25,27,31,40-41,44,46-47,57,70H,13-15,20,23,26,28-30H2,1-12H3,(H-,56,63,65)/p+1/t40-,41-,44-,46-,47+,62?,74?/m0/s1. The molecular weight excluding hydrogens is 969 g/mol. The predicted octanol–water partition coefficient (Wildman–Crippen LogP) is 4.86. The molecule has 2 aromatic heterocycles. The Morgan fingerprint density at radius 3 is 2.43 bits per heavy atom. The van der Waals surface area contributed by atoms with Gasteiger partial charge in [-0.15, -0.1) is 0 Å². The number of ether oxygens (including phenoxy) is 3. The third-order valence-electron chi connectivity index (χ3n) is 14.0. The maximum absolute atomic E-state index is 14.8. The molecule has 5 heterocycles. The number of aromatic nitrogens is 2. The van der Waals surface area contributed by atoms with Crippen molar-refractivity contribution in [1.29, 1.82) is 0 Å². The third kappa shape index (κ3) is 11.7. The molecule has 20 heteroatoms. The first-order valence-corrected chi connectivity index (χ1v) is 26.3. The number of carbonyl (C=O) groups is 6. The van der Waals surface area contributed by atoms with Crippen molar-refractivity contribution in [2.75, 3.05) is 48.0 Å². The Labute approximate surface area is 436 Å². The fraction of sp³-hybridized carbons (Fsp3) is 0.537. The highest BCUT2D eigenvalue weighted by Crippen LogP contribution is 2.42. The molecular formula is C54H73N8O11S+. The van der Waals surface area contributed by atoms with E-state index in [1.54, 1.807) is 60.1 Å². The van der Waals surface area contributed by atoms with E-state index in [2.05, 4.69) is 53.2 Å². The zero-order valence-electron chi connectivity index (χ0n) is 44.7. The summed E-state index contributed by atoms with van der Waals surface area (Å²) < 4.78 is 30.7. The second-order valence-electron chi connectivity index (χ2n) is 21.7. The Kier molecular flexibility index (Phi) is 16.9. The minimum atomic E-state index is -1.49. The summed E-state index contributed by atoms with van der Waals surface area (Å²) >= 11 is -1.49. The van der Waals surface area contributed by atoms with Crippen LogP contribution in [0, 0.1) is 11.3 Å². The summed E-state index contributed by atoms with van der Waals surface area (Å²) in [7, 11) is 5.71. The monoisotopic (exact) mass is 1040 g/mol. The average molecular weight is 1040 g/mol. The van der Waals surface area contributed by atoms with Gasteiger partial charge in [-0.05, 0) is 111 Å². The van der Waals surface area contributed by atoms with Gasteiger partial charge in [0, 0.05) is 75.0 Å². The highest BCUT2D eigenvalue weighted by molar-refractivity contribution is 7.90. The molecule has 400 valence electrons. The normalized spacial score (nSPS) is 21.8. The van der Waals surface area contributed by atoms with Crippen molar-refractivity contribution in [3.63, 3.8) is 0 Å². The van der Waals surface area contributed by atoms with Gasteiger partial charge in [0.15, 0.2) is 16.8 Å². The number of hydrogen-bond acceptors (Lipinski definition) is 14. The second kappa shape index (κ2) is 22.4. The van der Waals surface area contributed by atoms with Gasteiger partial charge in [0.25, 0.3) is 5.91 Å². The van der Waals surface area contributed by atoms with Crippen LogP contribution in [0.3, 0.4) is 0 Å². The van der Waals surface area contributed by atoms with Crippen molar-refractivity contribution in [3.05, 3.63) is 71.5 Å². The fourth-order valence-corrected chi connectivity index (χ4v) is 11.6. The number of fused-ring (bicyclic) bond motifs is 6. The lowest BCUT2D eigenvalue weighted by Gasteiger charge is -2.37. The van der Waals surface area contributed by atoms with Crippen molar-refractivity contribution in [1.82, 2.24) is 39.4 Å². The van der Waals surface area contributed by atoms with Gasteiger partial charge in [-0.2, -0.15) is 4.55 Å². The number of carbonyl (C=O) groups excluding carboxylic acids is 6. The summed E-state index contributed by atoms with van der Waals surface area (Å²) in [6.45, 7) is 15.9. The smallest absolute Gasteiger partial charge is 0.330 e. The minimum Gasteiger partial charge on any atom is -0.508 e. The van der Waals surface area contributed by atoms with E-state index in [1.165, 1.54) is 35.4 Å². The number of esters is 2. The number of nitrogens with one attached hydrogen (secondary N) is 2. The van der Waals surface area contributed by atoms with Crippen LogP contribution in [0.25, 0.3) is 33.3 Å². The molecule has 4 aromatic rings. The Balaban J connectivity index is 1.23. The van der Waals surface area contributed by atoms with Gasteiger partial charge in [-0.1, -0.05) is 44.1 Å². The van der Waals surface area contributed by atoms with E-state index in [4.69, 9.17) is 14.2 Å². The summed E-state index contributed by atoms with van der Waals surface area (Å²) in [5.41, 5.74) is 9.41. The molecule has 2 aromatic carbocycles. The van der Waals surface area contributed by atoms with Crippen molar-refractivity contribution < 1.29 is 52.6 Å². The Bertz CT molecular complexity index is 2790. The van der Waals surface area contributed by atoms with Crippen LogP contribution < -0.4 is 10.7 Å². The van der Waals surface area contributed by atoms with Gasteiger partial charge in [0.1, 0.15) is 23.9 Å². The number of cyclic esters (lactones) is 1. The van der Waals surface area contributed by atoms with E-state index in [-0.39, 0.29) is 25.3 Å². The lowest BCUT2D eigenvalue weighted by atomic mass is 9.84. The first-order valence-electron chi connectivity index (χ1n) is 25.2. The van der Waals surface area contributed by atoms with E-state index >= 15 is 0 Å². The number of aromatic hydroxyl groups is 1. The first-order chi connectivity index (χ1) is 34.9. The van der Waals surface area contributed by atoms with E-state index in [0.717, 1.165) is 43.8 Å². The summed E-state index contributed by atoms with van der Waals surface area (Å²) in [6.07, 6.45) is 4.90. The van der Waals surface area contributed by atoms with Crippen LogP contribution in [0.4, 0.5) is 0 Å². The van der Waals surface area contributed by atoms with Gasteiger partial charge in [-0.3, -0.25) is 38.8 Å². The first kappa shape index (κ1) is 55.7. The zero-order valence-corrected chi connectivity index (χ0v) is 45.5. The van der Waals surface area contributed by atoms with Crippen LogP contribution in [-0.4, -0.2) is 157 Å². The number of pyridine rings is 1. The van der Waals surface area contributed by atoms with E-state index in [0.29, 0.717) is 43.5 Å². The second-order valence-corrected chi connectivity index (χ2v) is 23.9. The number of rotatable bonds is 13. The molecule has 7 atom stereocenters. The van der Waals surface area contributed by atoms with Gasteiger partial charge in [-0.25, -0.2) is 5.43 Å². The quantitative estimate of drug-likeness (QED) is 0.0798. The number of benzene rings is 2. The summed E-state index contributed by atoms with van der Waals surface area (Å²) in [5, 5.41) is 16.6. The van der Waals surface area contributed by atoms with Crippen LogP contribution in [-0.2, 0) is 80.3 Å². The molecule has 0 aliphatic carbocycles. The van der Waals surface area contributed by atoms with Crippen LogP contribution >= 0.6 is 0 Å². The van der Waals surface area contributed by atoms with Crippen LogP contribution in [0.5, 0.6) is 5.75 Å². The third-order valence-corrected chi connectivity index (χ3v) is 15.9.